The Balaban J connectivity index is 1.66. The van der Waals surface area contributed by atoms with Gasteiger partial charge in [-0.1, -0.05) is 56.3 Å². The van der Waals surface area contributed by atoms with Crippen molar-refractivity contribution in [2.45, 2.75) is 38.7 Å². The summed E-state index contributed by atoms with van der Waals surface area (Å²) in [6, 6.07) is 21.2. The Labute approximate surface area is 149 Å². The van der Waals surface area contributed by atoms with Crippen LogP contribution in [0.15, 0.2) is 60.7 Å². The third kappa shape index (κ3) is 3.09. The van der Waals surface area contributed by atoms with E-state index in [4.69, 9.17) is 9.47 Å². The molecule has 0 bridgehead atoms. The molecule has 1 aliphatic heterocycles. The van der Waals surface area contributed by atoms with Crippen LogP contribution < -0.4 is 9.47 Å². The first kappa shape index (κ1) is 16.0. The highest BCUT2D eigenvalue weighted by Crippen LogP contribution is 2.40. The molecule has 0 aromatic heterocycles. The van der Waals surface area contributed by atoms with E-state index >= 15 is 0 Å². The largest absolute Gasteiger partial charge is 0.493 e. The quantitative estimate of drug-likeness (QED) is 0.561. The molecule has 2 nitrogen and oxygen atoms in total. The Hall–Kier alpha value is -2.48. The van der Waals surface area contributed by atoms with Crippen LogP contribution in [0.4, 0.5) is 0 Å². The summed E-state index contributed by atoms with van der Waals surface area (Å²) >= 11 is 0. The van der Waals surface area contributed by atoms with Gasteiger partial charge >= 0.3 is 0 Å². The second-order valence-electron chi connectivity index (χ2n) is 6.82. The van der Waals surface area contributed by atoms with Gasteiger partial charge in [0.2, 0.25) is 0 Å². The van der Waals surface area contributed by atoms with E-state index in [1.54, 1.807) is 0 Å². The normalized spacial score (nSPS) is 17.6. The number of rotatable bonds is 4. The molecule has 4 rings (SSSR count). The van der Waals surface area contributed by atoms with Crippen LogP contribution in [-0.2, 0) is 0 Å². The fourth-order valence-electron chi connectivity index (χ4n) is 3.55. The molecule has 0 saturated heterocycles. The van der Waals surface area contributed by atoms with Crippen LogP contribution >= 0.6 is 0 Å². The van der Waals surface area contributed by atoms with Crippen LogP contribution in [0.25, 0.3) is 10.8 Å². The lowest BCUT2D eigenvalue weighted by Crippen LogP contribution is -2.19. The number of fused-ring (bicyclic) bond motifs is 3. The van der Waals surface area contributed by atoms with Gasteiger partial charge in [0, 0.05) is 12.0 Å². The summed E-state index contributed by atoms with van der Waals surface area (Å²) in [6.45, 7) is 5.18. The van der Waals surface area contributed by atoms with Crippen molar-refractivity contribution in [3.8, 4) is 11.5 Å². The summed E-state index contributed by atoms with van der Waals surface area (Å²) in [5.41, 5.74) is 2.54. The maximum Gasteiger partial charge on any atom is 0.131 e. The maximum absolute atomic E-state index is 6.38. The highest BCUT2D eigenvalue weighted by molar-refractivity contribution is 5.88. The molecule has 1 heterocycles. The van der Waals surface area contributed by atoms with Gasteiger partial charge in [-0.05, 0) is 46.9 Å². The minimum atomic E-state index is 0.0318. The molecule has 2 atom stereocenters. The van der Waals surface area contributed by atoms with Crippen LogP contribution in [0.5, 0.6) is 11.5 Å². The van der Waals surface area contributed by atoms with Gasteiger partial charge in [0.25, 0.3) is 0 Å². The molecule has 2 heteroatoms. The molecule has 0 amide bonds. The second kappa shape index (κ2) is 6.79. The van der Waals surface area contributed by atoms with Gasteiger partial charge in [0.15, 0.2) is 0 Å². The molecule has 0 spiro atoms. The van der Waals surface area contributed by atoms with Gasteiger partial charge in [-0.2, -0.15) is 0 Å². The van der Waals surface area contributed by atoms with Crippen LogP contribution in [0.2, 0.25) is 0 Å². The molecule has 0 saturated carbocycles. The first-order valence-electron chi connectivity index (χ1n) is 9.17. The van der Waals surface area contributed by atoms with E-state index in [1.165, 1.54) is 21.9 Å². The fraction of sp³-hybridized carbons (Fsp3) is 0.304. The minimum absolute atomic E-state index is 0.0318. The molecule has 25 heavy (non-hydrogen) atoms. The second-order valence-corrected chi connectivity index (χ2v) is 6.82. The van der Waals surface area contributed by atoms with Gasteiger partial charge in [0.05, 0.1) is 6.61 Å². The zero-order chi connectivity index (χ0) is 17.2. The van der Waals surface area contributed by atoms with Gasteiger partial charge in [-0.15, -0.1) is 0 Å². The van der Waals surface area contributed by atoms with E-state index in [9.17, 15) is 0 Å². The van der Waals surface area contributed by atoms with Crippen molar-refractivity contribution in [1.82, 2.24) is 0 Å². The van der Waals surface area contributed by atoms with Crippen molar-refractivity contribution in [2.24, 2.45) is 0 Å². The van der Waals surface area contributed by atoms with Crippen LogP contribution in [-0.4, -0.2) is 6.61 Å². The van der Waals surface area contributed by atoms with E-state index in [2.05, 4.69) is 74.5 Å². The van der Waals surface area contributed by atoms with E-state index in [-0.39, 0.29) is 6.10 Å². The standard InChI is InChI=1S/C23H24O2/c1-3-16(2)17-8-11-19(12-9-17)25-22-14-15-24-21-13-10-18-6-4-5-7-20(18)23(21)22/h4-13,16,22H,3,14-15H2,1-2H3. The molecule has 2 unspecified atom stereocenters. The molecule has 0 N–H and O–H groups in total. The Morgan fingerprint density at radius 1 is 1.04 bits per heavy atom. The van der Waals surface area contributed by atoms with Crippen molar-refractivity contribution in [2.75, 3.05) is 6.61 Å². The average molecular weight is 332 g/mol. The monoisotopic (exact) mass is 332 g/mol. The summed E-state index contributed by atoms with van der Waals surface area (Å²) in [7, 11) is 0. The lowest BCUT2D eigenvalue weighted by Gasteiger charge is -2.28. The van der Waals surface area contributed by atoms with E-state index < -0.39 is 0 Å². The van der Waals surface area contributed by atoms with E-state index in [0.717, 1.165) is 24.3 Å². The Kier molecular flexibility index (Phi) is 4.35. The van der Waals surface area contributed by atoms with Gasteiger partial charge in [-0.25, -0.2) is 0 Å². The third-order valence-electron chi connectivity index (χ3n) is 5.23. The number of ether oxygens (including phenoxy) is 2. The van der Waals surface area contributed by atoms with Gasteiger partial charge in [0.1, 0.15) is 17.6 Å². The molecular weight excluding hydrogens is 308 g/mol. The van der Waals surface area contributed by atoms with Crippen LogP contribution in [0, 0.1) is 0 Å². The van der Waals surface area contributed by atoms with Crippen molar-refractivity contribution in [3.63, 3.8) is 0 Å². The first-order valence-corrected chi connectivity index (χ1v) is 9.17. The van der Waals surface area contributed by atoms with Crippen molar-refractivity contribution < 1.29 is 9.47 Å². The lowest BCUT2D eigenvalue weighted by molar-refractivity contribution is 0.138. The van der Waals surface area contributed by atoms with E-state index in [0.29, 0.717) is 12.5 Å². The average Bonchev–Trinajstić information content (AvgIpc) is 2.68. The maximum atomic E-state index is 6.38. The predicted octanol–water partition coefficient (Wildman–Crippen LogP) is 6.26. The Morgan fingerprint density at radius 3 is 2.64 bits per heavy atom. The molecular formula is C23H24O2. The van der Waals surface area contributed by atoms with Crippen molar-refractivity contribution in [1.29, 1.82) is 0 Å². The van der Waals surface area contributed by atoms with Crippen molar-refractivity contribution >= 4 is 10.8 Å². The fourth-order valence-corrected chi connectivity index (χ4v) is 3.55. The zero-order valence-electron chi connectivity index (χ0n) is 14.9. The topological polar surface area (TPSA) is 18.5 Å². The van der Waals surface area contributed by atoms with E-state index in [1.807, 2.05) is 0 Å². The predicted molar refractivity (Wildman–Crippen MR) is 103 cm³/mol. The lowest BCUT2D eigenvalue weighted by atomic mass is 9.95. The SMILES string of the molecule is CCC(C)c1ccc(OC2CCOc3ccc4ccccc4c32)cc1. The Bertz CT molecular complexity index is 867. The van der Waals surface area contributed by atoms with Crippen LogP contribution in [0.1, 0.15) is 49.8 Å². The van der Waals surface area contributed by atoms with Gasteiger partial charge in [-0.3, -0.25) is 0 Å². The highest BCUT2D eigenvalue weighted by Gasteiger charge is 2.25. The molecule has 3 aromatic rings. The van der Waals surface area contributed by atoms with Crippen LogP contribution in [0.3, 0.4) is 0 Å². The summed E-state index contributed by atoms with van der Waals surface area (Å²) in [5, 5.41) is 2.45. The third-order valence-corrected chi connectivity index (χ3v) is 5.23. The summed E-state index contributed by atoms with van der Waals surface area (Å²) < 4.78 is 12.3. The molecule has 0 aliphatic carbocycles. The first-order chi connectivity index (χ1) is 12.3. The smallest absolute Gasteiger partial charge is 0.131 e. The molecule has 1 aliphatic rings. The Morgan fingerprint density at radius 2 is 1.84 bits per heavy atom. The highest BCUT2D eigenvalue weighted by atomic mass is 16.5. The zero-order valence-corrected chi connectivity index (χ0v) is 14.9. The van der Waals surface area contributed by atoms with Gasteiger partial charge < -0.3 is 9.47 Å². The molecule has 0 radical (unpaired) electrons. The number of hydrogen-bond acceptors (Lipinski definition) is 2. The summed E-state index contributed by atoms with van der Waals surface area (Å²) in [5.74, 6) is 2.46. The number of benzene rings is 3. The summed E-state index contributed by atoms with van der Waals surface area (Å²) in [6.07, 6.45) is 2.05. The molecule has 3 aromatic carbocycles. The molecule has 128 valence electrons. The van der Waals surface area contributed by atoms with Crippen molar-refractivity contribution in [3.05, 3.63) is 71.8 Å². The summed E-state index contributed by atoms with van der Waals surface area (Å²) in [4.78, 5) is 0. The molecule has 0 fully saturated rings. The minimum Gasteiger partial charge on any atom is -0.493 e. The number of hydrogen-bond donors (Lipinski definition) is 0.